The molecule has 0 aromatic heterocycles. The average molecular weight is 261 g/mol. The maximum atomic E-state index is 11.4. The molecule has 0 spiro atoms. The number of rotatable bonds is 4. The van der Waals surface area contributed by atoms with Crippen LogP contribution in [0.4, 0.5) is 0 Å². The van der Waals surface area contributed by atoms with Crippen molar-refractivity contribution < 1.29 is 9.90 Å². The van der Waals surface area contributed by atoms with E-state index in [0.29, 0.717) is 0 Å². The lowest BCUT2D eigenvalue weighted by Crippen LogP contribution is -2.37. The van der Waals surface area contributed by atoms with E-state index in [4.69, 9.17) is 0 Å². The Bertz CT molecular complexity index is 441. The molecule has 1 aliphatic carbocycles. The van der Waals surface area contributed by atoms with Crippen LogP contribution in [-0.4, -0.2) is 17.1 Å². The molecular weight excluding hydrogens is 238 g/mol. The Morgan fingerprint density at radius 2 is 1.95 bits per heavy atom. The molecule has 3 atom stereocenters. The van der Waals surface area contributed by atoms with E-state index in [1.54, 1.807) is 0 Å². The predicted molar refractivity (Wildman–Crippen MR) is 75.9 cm³/mol. The first-order chi connectivity index (χ1) is 8.89. The summed E-state index contributed by atoms with van der Waals surface area (Å²) in [6.07, 6.45) is 1.67. The molecule has 3 nitrogen and oxygen atoms in total. The molecule has 2 rings (SSSR count). The molecule has 0 bridgehead atoms. The summed E-state index contributed by atoms with van der Waals surface area (Å²) in [6, 6.07) is 10.4. The Morgan fingerprint density at radius 1 is 1.32 bits per heavy atom. The van der Waals surface area contributed by atoms with Crippen molar-refractivity contribution in [1.29, 1.82) is 0 Å². The number of benzene rings is 1. The molecule has 3 unspecified atom stereocenters. The van der Waals surface area contributed by atoms with Gasteiger partial charge >= 0.3 is 5.97 Å². The summed E-state index contributed by atoms with van der Waals surface area (Å²) in [5.41, 5.74) is 1.31. The van der Waals surface area contributed by atoms with E-state index in [1.165, 1.54) is 5.56 Å². The van der Waals surface area contributed by atoms with Gasteiger partial charge in [-0.2, -0.15) is 0 Å². The second-order valence-corrected chi connectivity index (χ2v) is 6.42. The molecule has 1 aromatic rings. The fraction of sp³-hybridized carbons (Fsp3) is 0.562. The number of hydrogen-bond donors (Lipinski definition) is 2. The SMILES string of the molecule is CC(NC1CC(C)(C)CC1C(=O)O)c1ccccc1. The first-order valence-corrected chi connectivity index (χ1v) is 6.93. The smallest absolute Gasteiger partial charge is 0.308 e. The van der Waals surface area contributed by atoms with Crippen LogP contribution in [0.1, 0.15) is 45.2 Å². The van der Waals surface area contributed by atoms with Gasteiger partial charge in [0.25, 0.3) is 0 Å². The van der Waals surface area contributed by atoms with Crippen LogP contribution in [0.15, 0.2) is 30.3 Å². The van der Waals surface area contributed by atoms with Gasteiger partial charge in [0.1, 0.15) is 0 Å². The summed E-state index contributed by atoms with van der Waals surface area (Å²) < 4.78 is 0. The highest BCUT2D eigenvalue weighted by molar-refractivity contribution is 5.71. The van der Waals surface area contributed by atoms with Gasteiger partial charge in [0, 0.05) is 12.1 Å². The molecule has 0 aliphatic heterocycles. The summed E-state index contributed by atoms with van der Waals surface area (Å²) in [5, 5.41) is 12.9. The van der Waals surface area contributed by atoms with E-state index in [-0.39, 0.29) is 23.4 Å². The van der Waals surface area contributed by atoms with Crippen molar-refractivity contribution in [3.63, 3.8) is 0 Å². The molecule has 104 valence electrons. The third-order valence-electron chi connectivity index (χ3n) is 4.11. The number of carboxylic acids is 1. The number of hydrogen-bond acceptors (Lipinski definition) is 2. The Balaban J connectivity index is 2.07. The van der Waals surface area contributed by atoms with Crippen LogP contribution in [0.2, 0.25) is 0 Å². The molecule has 0 saturated heterocycles. The van der Waals surface area contributed by atoms with Crippen LogP contribution in [-0.2, 0) is 4.79 Å². The minimum absolute atomic E-state index is 0.0581. The highest BCUT2D eigenvalue weighted by Gasteiger charge is 2.43. The lowest BCUT2D eigenvalue weighted by molar-refractivity contribution is -0.142. The quantitative estimate of drug-likeness (QED) is 0.875. The average Bonchev–Trinajstić information content (AvgIpc) is 2.65. The summed E-state index contributed by atoms with van der Waals surface area (Å²) in [6.45, 7) is 6.40. The van der Waals surface area contributed by atoms with E-state index in [0.717, 1.165) is 12.8 Å². The van der Waals surface area contributed by atoms with Gasteiger partial charge in [-0.25, -0.2) is 0 Å². The summed E-state index contributed by atoms with van der Waals surface area (Å²) >= 11 is 0. The van der Waals surface area contributed by atoms with Gasteiger partial charge in [-0.3, -0.25) is 4.79 Å². The number of nitrogens with one attached hydrogen (secondary N) is 1. The third-order valence-corrected chi connectivity index (χ3v) is 4.11. The Hall–Kier alpha value is -1.35. The first kappa shape index (κ1) is 14.1. The van der Waals surface area contributed by atoms with Crippen molar-refractivity contribution in [3.05, 3.63) is 35.9 Å². The highest BCUT2D eigenvalue weighted by atomic mass is 16.4. The number of aliphatic carboxylic acids is 1. The molecule has 1 saturated carbocycles. The van der Waals surface area contributed by atoms with Crippen molar-refractivity contribution in [1.82, 2.24) is 5.32 Å². The summed E-state index contributed by atoms with van der Waals surface area (Å²) in [7, 11) is 0. The maximum Gasteiger partial charge on any atom is 0.308 e. The lowest BCUT2D eigenvalue weighted by atomic mass is 9.90. The van der Waals surface area contributed by atoms with Crippen molar-refractivity contribution in [2.45, 2.75) is 45.7 Å². The minimum Gasteiger partial charge on any atom is -0.481 e. The lowest BCUT2D eigenvalue weighted by Gasteiger charge is -2.23. The predicted octanol–water partition coefficient (Wildman–Crippen LogP) is 3.23. The second-order valence-electron chi connectivity index (χ2n) is 6.42. The minimum atomic E-state index is -0.677. The molecule has 19 heavy (non-hydrogen) atoms. The third kappa shape index (κ3) is 3.35. The Morgan fingerprint density at radius 3 is 2.53 bits per heavy atom. The van der Waals surface area contributed by atoms with Crippen molar-refractivity contribution in [2.24, 2.45) is 11.3 Å². The molecular formula is C16H23NO2. The zero-order chi connectivity index (χ0) is 14.0. The van der Waals surface area contributed by atoms with Crippen LogP contribution < -0.4 is 5.32 Å². The van der Waals surface area contributed by atoms with E-state index in [9.17, 15) is 9.90 Å². The molecule has 1 aliphatic rings. The van der Waals surface area contributed by atoms with E-state index in [1.807, 2.05) is 18.2 Å². The monoisotopic (exact) mass is 261 g/mol. The van der Waals surface area contributed by atoms with Gasteiger partial charge in [0.15, 0.2) is 0 Å². The fourth-order valence-corrected chi connectivity index (χ4v) is 3.15. The van der Waals surface area contributed by atoms with E-state index >= 15 is 0 Å². The molecule has 2 N–H and O–H groups in total. The Labute approximate surface area is 115 Å². The van der Waals surface area contributed by atoms with Crippen molar-refractivity contribution in [2.75, 3.05) is 0 Å². The standard InChI is InChI=1S/C16H23NO2/c1-11(12-7-5-4-6-8-12)17-14-10-16(2,3)9-13(14)15(18)19/h4-8,11,13-14,17H,9-10H2,1-3H3,(H,18,19). The van der Waals surface area contributed by atoms with Gasteiger partial charge in [-0.15, -0.1) is 0 Å². The molecule has 3 heteroatoms. The molecule has 0 amide bonds. The highest BCUT2D eigenvalue weighted by Crippen LogP contribution is 2.42. The zero-order valence-corrected chi connectivity index (χ0v) is 11.9. The number of carboxylic acid groups (broad SMARTS) is 1. The van der Waals surface area contributed by atoms with Crippen LogP contribution in [0.3, 0.4) is 0 Å². The number of carbonyl (C=O) groups is 1. The second kappa shape index (κ2) is 5.33. The molecule has 1 aromatic carbocycles. The molecule has 0 heterocycles. The topological polar surface area (TPSA) is 49.3 Å². The molecule has 1 fully saturated rings. The largest absolute Gasteiger partial charge is 0.481 e. The molecule has 0 radical (unpaired) electrons. The van der Waals surface area contributed by atoms with Crippen LogP contribution in [0, 0.1) is 11.3 Å². The fourth-order valence-electron chi connectivity index (χ4n) is 3.15. The summed E-state index contributed by atoms with van der Waals surface area (Å²) in [4.78, 5) is 11.4. The van der Waals surface area contributed by atoms with Crippen LogP contribution >= 0.6 is 0 Å². The maximum absolute atomic E-state index is 11.4. The van der Waals surface area contributed by atoms with Crippen molar-refractivity contribution in [3.8, 4) is 0 Å². The first-order valence-electron chi connectivity index (χ1n) is 6.93. The van der Waals surface area contributed by atoms with Crippen LogP contribution in [0.5, 0.6) is 0 Å². The van der Waals surface area contributed by atoms with Gasteiger partial charge in [-0.1, -0.05) is 44.2 Å². The van der Waals surface area contributed by atoms with Gasteiger partial charge in [0.05, 0.1) is 5.92 Å². The zero-order valence-electron chi connectivity index (χ0n) is 11.9. The van der Waals surface area contributed by atoms with Gasteiger partial charge in [-0.05, 0) is 30.7 Å². The van der Waals surface area contributed by atoms with Gasteiger partial charge in [0.2, 0.25) is 0 Å². The summed E-state index contributed by atoms with van der Waals surface area (Å²) in [5.74, 6) is -0.954. The van der Waals surface area contributed by atoms with E-state index < -0.39 is 5.97 Å². The van der Waals surface area contributed by atoms with Crippen LogP contribution in [0.25, 0.3) is 0 Å². The van der Waals surface area contributed by atoms with E-state index in [2.05, 4.69) is 38.2 Å². The normalized spacial score (nSPS) is 27.1. The van der Waals surface area contributed by atoms with Crippen molar-refractivity contribution >= 4 is 5.97 Å². The Kier molecular flexibility index (Phi) is 3.95. The van der Waals surface area contributed by atoms with Gasteiger partial charge < -0.3 is 10.4 Å².